The Morgan fingerprint density at radius 3 is 2.19 bits per heavy atom. The van der Waals surface area contributed by atoms with Gasteiger partial charge in [-0.15, -0.1) is 0 Å². The van der Waals surface area contributed by atoms with E-state index in [1.807, 2.05) is 25.7 Å². The number of likely N-dealkylation sites (tertiary alicyclic amines) is 1. The minimum Gasteiger partial charge on any atom is -0.444 e. The lowest BCUT2D eigenvalue weighted by Gasteiger charge is -2.38. The smallest absolute Gasteiger partial charge is 0.410 e. The zero-order chi connectivity index (χ0) is 19.8. The summed E-state index contributed by atoms with van der Waals surface area (Å²) in [6.07, 6.45) is 1.09. The van der Waals surface area contributed by atoms with E-state index < -0.39 is 15.4 Å². The van der Waals surface area contributed by atoms with Crippen LogP contribution >= 0.6 is 0 Å². The maximum atomic E-state index is 12.6. The van der Waals surface area contributed by atoms with Gasteiger partial charge in [-0.1, -0.05) is 0 Å². The maximum Gasteiger partial charge on any atom is 0.410 e. The van der Waals surface area contributed by atoms with Crippen molar-refractivity contribution in [3.63, 3.8) is 0 Å². The fourth-order valence-corrected chi connectivity index (χ4v) is 5.82. The lowest BCUT2D eigenvalue weighted by molar-refractivity contribution is -0.133. The van der Waals surface area contributed by atoms with Crippen LogP contribution in [0.15, 0.2) is 0 Å². The zero-order valence-electron chi connectivity index (χ0n) is 16.5. The number of piperazine rings is 1. The number of carbonyl (C=O) groups is 2. The molecule has 9 heteroatoms. The zero-order valence-corrected chi connectivity index (χ0v) is 17.3. The molecule has 3 rings (SSSR count). The van der Waals surface area contributed by atoms with Crippen molar-refractivity contribution in [3.8, 4) is 0 Å². The average molecular weight is 402 g/mol. The van der Waals surface area contributed by atoms with E-state index in [4.69, 9.17) is 4.74 Å². The van der Waals surface area contributed by atoms with E-state index in [9.17, 15) is 18.0 Å². The predicted molar refractivity (Wildman–Crippen MR) is 101 cm³/mol. The highest BCUT2D eigenvalue weighted by Crippen LogP contribution is 2.25. The fraction of sp³-hybridized carbons (Fsp3) is 0.889. The summed E-state index contributed by atoms with van der Waals surface area (Å²) in [7, 11) is -3.04. The predicted octanol–water partition coefficient (Wildman–Crippen LogP) is 0.575. The van der Waals surface area contributed by atoms with Crippen molar-refractivity contribution in [2.24, 2.45) is 5.92 Å². The largest absolute Gasteiger partial charge is 0.444 e. The first-order valence-electron chi connectivity index (χ1n) is 9.75. The van der Waals surface area contributed by atoms with E-state index in [2.05, 4.69) is 4.90 Å². The van der Waals surface area contributed by atoms with Gasteiger partial charge in [-0.25, -0.2) is 13.2 Å². The second-order valence-corrected chi connectivity index (χ2v) is 11.1. The molecule has 0 bridgehead atoms. The van der Waals surface area contributed by atoms with Crippen LogP contribution in [0.1, 0.15) is 33.6 Å². The molecule has 0 aliphatic carbocycles. The molecule has 0 aromatic heterocycles. The Kier molecular flexibility index (Phi) is 5.72. The molecule has 0 radical (unpaired) electrons. The van der Waals surface area contributed by atoms with E-state index in [1.54, 1.807) is 4.90 Å². The van der Waals surface area contributed by atoms with Crippen molar-refractivity contribution in [1.82, 2.24) is 14.7 Å². The van der Waals surface area contributed by atoms with Gasteiger partial charge in [0.05, 0.1) is 17.4 Å². The van der Waals surface area contributed by atoms with Gasteiger partial charge < -0.3 is 14.5 Å². The summed E-state index contributed by atoms with van der Waals surface area (Å²) in [6.45, 7) is 9.71. The molecule has 3 aliphatic heterocycles. The van der Waals surface area contributed by atoms with Gasteiger partial charge in [0.15, 0.2) is 9.84 Å². The molecule has 154 valence electrons. The van der Waals surface area contributed by atoms with Gasteiger partial charge in [0.1, 0.15) is 5.60 Å². The summed E-state index contributed by atoms with van der Waals surface area (Å²) in [6, 6.07) is 0.285. The molecule has 0 aromatic carbocycles. The van der Waals surface area contributed by atoms with Crippen LogP contribution in [0.4, 0.5) is 4.79 Å². The second-order valence-electron chi connectivity index (χ2n) is 8.83. The summed E-state index contributed by atoms with van der Waals surface area (Å²) in [5.41, 5.74) is -0.492. The minimum absolute atomic E-state index is 0.00155. The van der Waals surface area contributed by atoms with Gasteiger partial charge in [0.25, 0.3) is 0 Å². The standard InChI is InChI=1S/C18H31N3O5S/c1-18(2,3)26-17(23)20-9-7-19(8-10-20)15-4-6-21(12-15)16(22)14-5-11-27(24,25)13-14/h14-15H,4-13H2,1-3H3/t14-,15+/m0/s1. The first kappa shape index (κ1) is 20.4. The van der Waals surface area contributed by atoms with E-state index in [1.165, 1.54) is 0 Å². The fourth-order valence-electron chi connectivity index (χ4n) is 4.08. The van der Waals surface area contributed by atoms with Crippen molar-refractivity contribution in [1.29, 1.82) is 0 Å². The van der Waals surface area contributed by atoms with Crippen molar-refractivity contribution in [2.45, 2.75) is 45.3 Å². The summed E-state index contributed by atoms with van der Waals surface area (Å²) >= 11 is 0. The topological polar surface area (TPSA) is 87.2 Å². The van der Waals surface area contributed by atoms with E-state index >= 15 is 0 Å². The normalized spacial score (nSPS) is 29.1. The molecule has 0 unspecified atom stereocenters. The van der Waals surface area contributed by atoms with Gasteiger partial charge in [-0.05, 0) is 33.6 Å². The highest BCUT2D eigenvalue weighted by Gasteiger charge is 2.39. The molecule has 3 fully saturated rings. The van der Waals surface area contributed by atoms with E-state index in [-0.39, 0.29) is 35.5 Å². The lowest BCUT2D eigenvalue weighted by Crippen LogP contribution is -2.53. The minimum atomic E-state index is -3.04. The Bertz CT molecular complexity index is 680. The number of hydrogen-bond donors (Lipinski definition) is 0. The molecule has 0 aromatic rings. The quantitative estimate of drug-likeness (QED) is 0.673. The molecule has 0 N–H and O–H groups in total. The molecule has 8 nitrogen and oxygen atoms in total. The van der Waals surface area contributed by atoms with Gasteiger partial charge >= 0.3 is 6.09 Å². The Labute approximate surface area is 161 Å². The molecule has 3 heterocycles. The number of amides is 2. The third-order valence-corrected chi connectivity index (χ3v) is 7.31. The average Bonchev–Trinajstić information content (AvgIpc) is 3.19. The lowest BCUT2D eigenvalue weighted by atomic mass is 10.1. The molecule has 2 amide bonds. The van der Waals surface area contributed by atoms with Crippen LogP contribution in [-0.2, 0) is 19.4 Å². The third kappa shape index (κ3) is 5.13. The second kappa shape index (κ2) is 7.58. The molecule has 0 spiro atoms. The number of rotatable bonds is 2. The molecule has 27 heavy (non-hydrogen) atoms. The highest BCUT2D eigenvalue weighted by molar-refractivity contribution is 7.91. The van der Waals surface area contributed by atoms with Crippen LogP contribution in [0, 0.1) is 5.92 Å². The molecule has 0 saturated carbocycles. The van der Waals surface area contributed by atoms with Crippen molar-refractivity contribution >= 4 is 21.8 Å². The van der Waals surface area contributed by atoms with Crippen molar-refractivity contribution < 1.29 is 22.7 Å². The number of hydrogen-bond acceptors (Lipinski definition) is 6. The Morgan fingerprint density at radius 1 is 0.963 bits per heavy atom. The highest BCUT2D eigenvalue weighted by atomic mass is 32.2. The molecule has 3 saturated heterocycles. The van der Waals surface area contributed by atoms with Crippen LogP contribution in [0.25, 0.3) is 0 Å². The van der Waals surface area contributed by atoms with Gasteiger partial charge in [-0.3, -0.25) is 9.69 Å². The first-order chi connectivity index (χ1) is 12.5. The van der Waals surface area contributed by atoms with Gasteiger partial charge in [-0.2, -0.15) is 0 Å². The monoisotopic (exact) mass is 401 g/mol. The first-order valence-corrected chi connectivity index (χ1v) is 11.6. The van der Waals surface area contributed by atoms with Gasteiger partial charge in [0, 0.05) is 45.3 Å². The molecular weight excluding hydrogens is 370 g/mol. The number of carbonyl (C=O) groups excluding carboxylic acids is 2. The number of nitrogens with zero attached hydrogens (tertiary/aromatic N) is 3. The Hall–Kier alpha value is -1.35. The van der Waals surface area contributed by atoms with E-state index in [0.717, 1.165) is 19.5 Å². The van der Waals surface area contributed by atoms with Gasteiger partial charge in [0.2, 0.25) is 5.91 Å². The van der Waals surface area contributed by atoms with E-state index in [0.29, 0.717) is 32.6 Å². The summed E-state index contributed by atoms with van der Waals surface area (Å²) in [5.74, 6) is -0.238. The van der Waals surface area contributed by atoms with Crippen molar-refractivity contribution in [2.75, 3.05) is 50.8 Å². The van der Waals surface area contributed by atoms with Crippen LogP contribution in [0.3, 0.4) is 0 Å². The summed E-state index contributed by atoms with van der Waals surface area (Å²) in [5, 5.41) is 0. The molecule has 2 atom stereocenters. The van der Waals surface area contributed by atoms with Crippen LogP contribution in [0.2, 0.25) is 0 Å². The summed E-state index contributed by atoms with van der Waals surface area (Å²) in [4.78, 5) is 30.7. The third-order valence-electron chi connectivity index (χ3n) is 5.54. The maximum absolute atomic E-state index is 12.6. The van der Waals surface area contributed by atoms with Crippen LogP contribution < -0.4 is 0 Å². The SMILES string of the molecule is CC(C)(C)OC(=O)N1CCN([C@@H]2CCN(C(=O)[C@H]3CCS(=O)(=O)C3)C2)CC1. The summed E-state index contributed by atoms with van der Waals surface area (Å²) < 4.78 is 28.7. The molecular formula is C18H31N3O5S. The number of ether oxygens (including phenoxy) is 1. The molecule has 3 aliphatic rings. The van der Waals surface area contributed by atoms with Crippen LogP contribution in [-0.4, -0.2) is 97.5 Å². The van der Waals surface area contributed by atoms with Crippen molar-refractivity contribution in [3.05, 3.63) is 0 Å². The number of sulfone groups is 1. The Balaban J connectivity index is 1.46. The Morgan fingerprint density at radius 2 is 1.63 bits per heavy atom. The van der Waals surface area contributed by atoms with Crippen LogP contribution in [0.5, 0.6) is 0 Å².